The number of hydrogen-bond donors (Lipinski definition) is 2. The molecule has 0 saturated carbocycles. The Labute approximate surface area is 177 Å². The van der Waals surface area contributed by atoms with E-state index in [2.05, 4.69) is 20.8 Å². The first-order valence-electron chi connectivity index (χ1n) is 9.68. The molecule has 0 aliphatic heterocycles. The molecular formula is C20H32N6O4. The quantitative estimate of drug-likeness (QED) is 0.320. The fraction of sp³-hybridized carbons (Fsp3) is 0.550. The molecule has 0 aliphatic rings. The summed E-state index contributed by atoms with van der Waals surface area (Å²) in [6, 6.07) is 3.78. The number of guanidine groups is 1. The highest BCUT2D eigenvalue weighted by Gasteiger charge is 2.13. The van der Waals surface area contributed by atoms with Crippen LogP contribution in [-0.4, -0.2) is 62.3 Å². The van der Waals surface area contributed by atoms with Crippen molar-refractivity contribution in [3.05, 3.63) is 29.3 Å². The van der Waals surface area contributed by atoms with E-state index in [9.17, 15) is 0 Å². The van der Waals surface area contributed by atoms with Gasteiger partial charge in [-0.3, -0.25) is 0 Å². The maximum Gasteiger partial charge on any atom is 0.203 e. The highest BCUT2D eigenvalue weighted by Crippen LogP contribution is 2.38. The largest absolute Gasteiger partial charge is 0.493 e. The summed E-state index contributed by atoms with van der Waals surface area (Å²) >= 11 is 0. The van der Waals surface area contributed by atoms with Gasteiger partial charge in [0.1, 0.15) is 5.82 Å². The van der Waals surface area contributed by atoms with E-state index in [1.165, 1.54) is 0 Å². The lowest BCUT2D eigenvalue weighted by molar-refractivity contribution is 0.195. The molecule has 0 saturated heterocycles. The van der Waals surface area contributed by atoms with Crippen molar-refractivity contribution in [1.82, 2.24) is 25.4 Å². The lowest BCUT2D eigenvalue weighted by Crippen LogP contribution is -2.38. The molecule has 30 heavy (non-hydrogen) atoms. The molecule has 2 aromatic rings. The fourth-order valence-corrected chi connectivity index (χ4v) is 2.76. The van der Waals surface area contributed by atoms with E-state index >= 15 is 0 Å². The van der Waals surface area contributed by atoms with Gasteiger partial charge < -0.3 is 34.1 Å². The van der Waals surface area contributed by atoms with Crippen molar-refractivity contribution in [2.45, 2.75) is 26.4 Å². The van der Waals surface area contributed by atoms with Crippen LogP contribution in [0.15, 0.2) is 17.1 Å². The van der Waals surface area contributed by atoms with Crippen LogP contribution >= 0.6 is 0 Å². The fourth-order valence-electron chi connectivity index (χ4n) is 2.76. The van der Waals surface area contributed by atoms with Gasteiger partial charge >= 0.3 is 0 Å². The Bertz CT molecular complexity index is 812. The molecule has 0 unspecified atom stereocenters. The molecule has 0 fully saturated rings. The van der Waals surface area contributed by atoms with Gasteiger partial charge in [0.05, 0.1) is 34.4 Å². The van der Waals surface area contributed by atoms with Gasteiger partial charge in [-0.1, -0.05) is 0 Å². The van der Waals surface area contributed by atoms with E-state index in [1.807, 2.05) is 30.7 Å². The number of aromatic nitrogens is 3. The van der Waals surface area contributed by atoms with E-state index in [0.29, 0.717) is 42.9 Å². The standard InChI is InChI=1S/C20H32N6O4/c1-14-24-25-18(26(14)2)13-23-20(21-8-7-9-27-3)22-12-15-10-16(28-4)19(30-6)17(11-15)29-5/h10-11H,7-9,12-13H2,1-6H3,(H2,21,22,23). The Morgan fingerprint density at radius 2 is 1.73 bits per heavy atom. The van der Waals surface area contributed by atoms with E-state index in [1.54, 1.807) is 28.4 Å². The van der Waals surface area contributed by atoms with Gasteiger partial charge in [-0.25, -0.2) is 4.99 Å². The van der Waals surface area contributed by atoms with Crippen molar-refractivity contribution < 1.29 is 18.9 Å². The highest BCUT2D eigenvalue weighted by atomic mass is 16.5. The van der Waals surface area contributed by atoms with Gasteiger partial charge in [0, 0.05) is 27.3 Å². The van der Waals surface area contributed by atoms with Crippen molar-refractivity contribution in [1.29, 1.82) is 0 Å². The molecule has 0 amide bonds. The zero-order valence-electron chi connectivity index (χ0n) is 18.6. The summed E-state index contributed by atoms with van der Waals surface area (Å²) in [5.74, 6) is 4.10. The van der Waals surface area contributed by atoms with Gasteiger partial charge in [0.15, 0.2) is 23.3 Å². The minimum Gasteiger partial charge on any atom is -0.493 e. The molecule has 10 heteroatoms. The minimum atomic E-state index is 0.425. The number of aliphatic imine (C=N–C) groups is 1. The third-order valence-corrected chi connectivity index (χ3v) is 4.56. The van der Waals surface area contributed by atoms with Gasteiger partial charge in [0.2, 0.25) is 5.75 Å². The molecule has 1 aromatic carbocycles. The second-order valence-corrected chi connectivity index (χ2v) is 6.55. The van der Waals surface area contributed by atoms with Crippen LogP contribution in [0.1, 0.15) is 23.6 Å². The predicted octanol–water partition coefficient (Wildman–Crippen LogP) is 1.42. The lowest BCUT2D eigenvalue weighted by atomic mass is 10.2. The summed E-state index contributed by atoms with van der Waals surface area (Å²) in [7, 11) is 8.40. The van der Waals surface area contributed by atoms with Crippen molar-refractivity contribution in [2.24, 2.45) is 12.0 Å². The van der Waals surface area contributed by atoms with Crippen LogP contribution in [0.5, 0.6) is 17.2 Å². The third-order valence-electron chi connectivity index (χ3n) is 4.56. The van der Waals surface area contributed by atoms with Crippen LogP contribution in [0, 0.1) is 6.92 Å². The molecule has 0 bridgehead atoms. The molecular weight excluding hydrogens is 388 g/mol. The summed E-state index contributed by atoms with van der Waals surface area (Å²) in [6.45, 7) is 4.25. The van der Waals surface area contributed by atoms with Crippen LogP contribution in [0.3, 0.4) is 0 Å². The molecule has 1 heterocycles. The average molecular weight is 421 g/mol. The van der Waals surface area contributed by atoms with Gasteiger partial charge in [-0.2, -0.15) is 0 Å². The Kier molecular flexibility index (Phi) is 9.20. The number of nitrogens with one attached hydrogen (secondary N) is 2. The Hall–Kier alpha value is -3.01. The predicted molar refractivity (Wildman–Crippen MR) is 114 cm³/mol. The topological polar surface area (TPSA) is 104 Å². The molecule has 10 nitrogen and oxygen atoms in total. The molecule has 2 N–H and O–H groups in total. The summed E-state index contributed by atoms with van der Waals surface area (Å²) in [6.07, 6.45) is 0.866. The number of nitrogens with zero attached hydrogens (tertiary/aromatic N) is 4. The second kappa shape index (κ2) is 11.9. The van der Waals surface area contributed by atoms with E-state index in [-0.39, 0.29) is 0 Å². The van der Waals surface area contributed by atoms with Gasteiger partial charge in [-0.15, -0.1) is 10.2 Å². The van der Waals surface area contributed by atoms with Crippen LogP contribution < -0.4 is 24.8 Å². The molecule has 0 spiro atoms. The van der Waals surface area contributed by atoms with Crippen molar-refractivity contribution in [3.8, 4) is 17.2 Å². The lowest BCUT2D eigenvalue weighted by Gasteiger charge is -2.15. The maximum atomic E-state index is 5.42. The highest BCUT2D eigenvalue weighted by molar-refractivity contribution is 5.79. The van der Waals surface area contributed by atoms with Crippen LogP contribution in [0.4, 0.5) is 0 Å². The molecule has 0 aliphatic carbocycles. The first-order valence-corrected chi connectivity index (χ1v) is 9.68. The molecule has 1 aromatic heterocycles. The minimum absolute atomic E-state index is 0.425. The van der Waals surface area contributed by atoms with E-state index in [0.717, 1.165) is 30.2 Å². The maximum absolute atomic E-state index is 5.42. The number of benzene rings is 1. The monoisotopic (exact) mass is 420 g/mol. The van der Waals surface area contributed by atoms with Crippen molar-refractivity contribution >= 4 is 5.96 Å². The SMILES string of the molecule is COCCCNC(=NCc1cc(OC)c(OC)c(OC)c1)NCc1nnc(C)n1C. The first kappa shape index (κ1) is 23.3. The number of methoxy groups -OCH3 is 4. The van der Waals surface area contributed by atoms with E-state index < -0.39 is 0 Å². The van der Waals surface area contributed by atoms with Crippen LogP contribution in [-0.2, 0) is 24.9 Å². The Balaban J connectivity index is 2.15. The Morgan fingerprint density at radius 1 is 1.03 bits per heavy atom. The molecule has 166 valence electrons. The zero-order valence-corrected chi connectivity index (χ0v) is 18.6. The van der Waals surface area contributed by atoms with Crippen LogP contribution in [0.25, 0.3) is 0 Å². The zero-order chi connectivity index (χ0) is 21.9. The Morgan fingerprint density at radius 3 is 2.27 bits per heavy atom. The normalized spacial score (nSPS) is 11.3. The molecule has 0 radical (unpaired) electrons. The number of rotatable bonds is 11. The molecule has 2 rings (SSSR count). The molecule has 0 atom stereocenters. The summed E-state index contributed by atoms with van der Waals surface area (Å²) in [5.41, 5.74) is 0.928. The summed E-state index contributed by atoms with van der Waals surface area (Å²) in [5, 5.41) is 14.9. The number of hydrogen-bond acceptors (Lipinski definition) is 7. The number of aryl methyl sites for hydroxylation is 1. The average Bonchev–Trinajstić information content (AvgIpc) is 3.09. The van der Waals surface area contributed by atoms with Crippen molar-refractivity contribution in [2.75, 3.05) is 41.6 Å². The first-order chi connectivity index (χ1) is 14.5. The van der Waals surface area contributed by atoms with Gasteiger partial charge in [0.25, 0.3) is 0 Å². The summed E-state index contributed by atoms with van der Waals surface area (Å²) in [4.78, 5) is 4.69. The summed E-state index contributed by atoms with van der Waals surface area (Å²) < 4.78 is 23.3. The third kappa shape index (κ3) is 6.24. The smallest absolute Gasteiger partial charge is 0.203 e. The van der Waals surface area contributed by atoms with E-state index in [4.69, 9.17) is 23.9 Å². The van der Waals surface area contributed by atoms with Crippen molar-refractivity contribution in [3.63, 3.8) is 0 Å². The second-order valence-electron chi connectivity index (χ2n) is 6.55. The number of ether oxygens (including phenoxy) is 4. The van der Waals surface area contributed by atoms with Crippen LogP contribution in [0.2, 0.25) is 0 Å². The van der Waals surface area contributed by atoms with Gasteiger partial charge in [-0.05, 0) is 31.0 Å².